The monoisotopic (exact) mass is 367 g/mol. The molecule has 0 saturated heterocycles. The zero-order valence-corrected chi connectivity index (χ0v) is 15.2. The van der Waals surface area contributed by atoms with Crippen molar-refractivity contribution in [2.24, 2.45) is 0 Å². The summed E-state index contributed by atoms with van der Waals surface area (Å²) in [6, 6.07) is 17.6. The first-order valence-corrected chi connectivity index (χ1v) is 8.57. The Morgan fingerprint density at radius 3 is 2.41 bits per heavy atom. The smallest absolute Gasteiger partial charge is 0.342 e. The van der Waals surface area contributed by atoms with Gasteiger partial charge in [-0.25, -0.2) is 9.55 Å². The van der Waals surface area contributed by atoms with Gasteiger partial charge in [0, 0.05) is 6.92 Å². The molecule has 3 aromatic rings. The first-order valence-electron chi connectivity index (χ1n) is 8.57. The largest absolute Gasteiger partial charge is 0.497 e. The number of aromatic nitrogens is 2. The van der Waals surface area contributed by atoms with Gasteiger partial charge in [-0.05, 0) is 28.2 Å². The molecule has 0 spiro atoms. The lowest BCUT2D eigenvalue weighted by Crippen LogP contribution is -2.14. The Labute approximate surface area is 157 Å². The molecule has 0 bridgehead atoms. The van der Waals surface area contributed by atoms with Crippen LogP contribution in [0.2, 0.25) is 0 Å². The Morgan fingerprint density at radius 2 is 1.78 bits per heavy atom. The fraction of sp³-hybridized carbons (Fsp3) is 0.250. The highest BCUT2D eigenvalue weighted by molar-refractivity contribution is 5.34. The number of methoxy groups -OCH3 is 1. The van der Waals surface area contributed by atoms with Gasteiger partial charge in [0.1, 0.15) is 24.6 Å². The van der Waals surface area contributed by atoms with Crippen molar-refractivity contribution in [3.63, 3.8) is 0 Å². The third-order valence-electron chi connectivity index (χ3n) is 4.34. The predicted molar refractivity (Wildman–Crippen MR) is 101 cm³/mol. The van der Waals surface area contributed by atoms with Crippen molar-refractivity contribution in [3.8, 4) is 5.75 Å². The van der Waals surface area contributed by atoms with E-state index in [1.165, 1.54) is 6.20 Å². The average Bonchev–Trinajstić information content (AvgIpc) is 3.07. The van der Waals surface area contributed by atoms with Gasteiger partial charge in [0.25, 0.3) is 0 Å². The van der Waals surface area contributed by atoms with E-state index in [1.807, 2.05) is 54.6 Å². The van der Waals surface area contributed by atoms with Gasteiger partial charge in [-0.1, -0.05) is 42.5 Å². The minimum atomic E-state index is -0.432. The second-order valence-electron chi connectivity index (χ2n) is 6.01. The Bertz CT molecular complexity index is 891. The van der Waals surface area contributed by atoms with Crippen molar-refractivity contribution in [2.75, 3.05) is 13.7 Å². The van der Waals surface area contributed by atoms with E-state index < -0.39 is 4.92 Å². The third kappa shape index (κ3) is 4.32. The Balaban J connectivity index is 1.78. The SMILES string of the molecule is COc1ccc(C(OCCn2c([N+](=O)[O-])cnc2C)c2ccccc2)cc1. The molecular formula is C20H21N3O4. The van der Waals surface area contributed by atoms with Gasteiger partial charge in [0.2, 0.25) is 0 Å². The van der Waals surface area contributed by atoms with E-state index in [-0.39, 0.29) is 11.9 Å². The quantitative estimate of drug-likeness (QED) is 0.445. The zero-order chi connectivity index (χ0) is 19.2. The number of nitrogens with zero attached hydrogens (tertiary/aromatic N) is 3. The summed E-state index contributed by atoms with van der Waals surface area (Å²) in [6.07, 6.45) is 0.994. The number of nitro groups is 1. The second-order valence-corrected chi connectivity index (χ2v) is 6.01. The predicted octanol–water partition coefficient (Wildman–Crippen LogP) is 3.91. The summed E-state index contributed by atoms with van der Waals surface area (Å²) in [5, 5.41) is 11.1. The van der Waals surface area contributed by atoms with Gasteiger partial charge in [0.05, 0.1) is 13.7 Å². The van der Waals surface area contributed by atoms with Crippen LogP contribution in [0, 0.1) is 17.0 Å². The summed E-state index contributed by atoms with van der Waals surface area (Å²) in [4.78, 5) is 14.7. The van der Waals surface area contributed by atoms with Crippen LogP contribution in [0.4, 0.5) is 5.82 Å². The molecule has 27 heavy (non-hydrogen) atoms. The summed E-state index contributed by atoms with van der Waals surface area (Å²) in [5.74, 6) is 1.33. The molecule has 7 nitrogen and oxygen atoms in total. The van der Waals surface area contributed by atoms with Crippen molar-refractivity contribution in [3.05, 3.63) is 87.9 Å². The molecule has 0 N–H and O–H groups in total. The summed E-state index contributed by atoms with van der Waals surface area (Å²) in [6.45, 7) is 2.40. The molecule has 0 saturated carbocycles. The standard InChI is InChI=1S/C20H21N3O4/c1-15-21-14-19(23(24)25)22(15)12-13-27-20(16-6-4-3-5-7-16)17-8-10-18(26-2)11-9-17/h3-11,14,20H,12-13H2,1-2H3. The third-order valence-corrected chi connectivity index (χ3v) is 4.34. The molecule has 0 aliphatic heterocycles. The lowest BCUT2D eigenvalue weighted by Gasteiger charge is -2.19. The molecule has 1 aromatic heterocycles. The van der Waals surface area contributed by atoms with Crippen LogP contribution >= 0.6 is 0 Å². The molecule has 1 atom stereocenters. The number of ether oxygens (including phenoxy) is 2. The molecule has 140 valence electrons. The van der Waals surface area contributed by atoms with Crippen molar-refractivity contribution >= 4 is 5.82 Å². The lowest BCUT2D eigenvalue weighted by molar-refractivity contribution is -0.392. The normalized spacial score (nSPS) is 11.9. The van der Waals surface area contributed by atoms with Gasteiger partial charge in [-0.3, -0.25) is 0 Å². The van der Waals surface area contributed by atoms with E-state index in [0.717, 1.165) is 16.9 Å². The topological polar surface area (TPSA) is 79.4 Å². The number of benzene rings is 2. The van der Waals surface area contributed by atoms with Crippen LogP contribution in [0.15, 0.2) is 60.8 Å². The van der Waals surface area contributed by atoms with E-state index in [0.29, 0.717) is 19.0 Å². The maximum atomic E-state index is 11.1. The zero-order valence-electron chi connectivity index (χ0n) is 15.2. The summed E-state index contributed by atoms with van der Waals surface area (Å²) >= 11 is 0. The van der Waals surface area contributed by atoms with Crippen LogP contribution in [0.3, 0.4) is 0 Å². The first-order chi connectivity index (χ1) is 13.1. The van der Waals surface area contributed by atoms with Crippen molar-refractivity contribution in [1.29, 1.82) is 0 Å². The van der Waals surface area contributed by atoms with Crippen LogP contribution in [-0.4, -0.2) is 28.2 Å². The minimum absolute atomic E-state index is 0.0307. The van der Waals surface area contributed by atoms with E-state index in [2.05, 4.69) is 4.98 Å². The number of hydrogen-bond acceptors (Lipinski definition) is 5. The van der Waals surface area contributed by atoms with E-state index in [1.54, 1.807) is 18.6 Å². The molecular weight excluding hydrogens is 346 g/mol. The van der Waals surface area contributed by atoms with E-state index in [9.17, 15) is 10.1 Å². The molecule has 1 heterocycles. The average molecular weight is 367 g/mol. The molecule has 1 unspecified atom stereocenters. The Kier molecular flexibility index (Phi) is 5.83. The fourth-order valence-corrected chi connectivity index (χ4v) is 2.93. The van der Waals surface area contributed by atoms with Crippen LogP contribution in [0.5, 0.6) is 5.75 Å². The van der Waals surface area contributed by atoms with E-state index in [4.69, 9.17) is 9.47 Å². The van der Waals surface area contributed by atoms with Crippen molar-refractivity contribution in [1.82, 2.24) is 9.55 Å². The Hall–Kier alpha value is -3.19. The molecule has 3 rings (SSSR count). The van der Waals surface area contributed by atoms with Crippen molar-refractivity contribution in [2.45, 2.75) is 19.6 Å². The lowest BCUT2D eigenvalue weighted by atomic mass is 10.0. The van der Waals surface area contributed by atoms with Crippen LogP contribution < -0.4 is 4.74 Å². The first kappa shape index (κ1) is 18.6. The number of aryl methyl sites for hydroxylation is 1. The maximum Gasteiger partial charge on any atom is 0.342 e. The van der Waals surface area contributed by atoms with Gasteiger partial charge < -0.3 is 19.6 Å². The highest BCUT2D eigenvalue weighted by Crippen LogP contribution is 2.27. The molecule has 7 heteroatoms. The maximum absolute atomic E-state index is 11.1. The minimum Gasteiger partial charge on any atom is -0.497 e. The Morgan fingerprint density at radius 1 is 1.11 bits per heavy atom. The molecule has 0 aliphatic rings. The van der Waals surface area contributed by atoms with Crippen LogP contribution in [-0.2, 0) is 11.3 Å². The summed E-state index contributed by atoms with van der Waals surface area (Å²) in [5.41, 5.74) is 2.00. The van der Waals surface area contributed by atoms with Gasteiger partial charge >= 0.3 is 5.82 Å². The van der Waals surface area contributed by atoms with Gasteiger partial charge in [-0.2, -0.15) is 0 Å². The molecule has 0 aliphatic carbocycles. The molecule has 0 radical (unpaired) electrons. The molecule has 0 fully saturated rings. The van der Waals surface area contributed by atoms with Gasteiger partial charge in [-0.15, -0.1) is 0 Å². The number of hydrogen-bond donors (Lipinski definition) is 0. The number of rotatable bonds is 8. The van der Waals surface area contributed by atoms with E-state index >= 15 is 0 Å². The van der Waals surface area contributed by atoms with Crippen LogP contribution in [0.25, 0.3) is 0 Å². The van der Waals surface area contributed by atoms with Crippen LogP contribution in [0.1, 0.15) is 23.1 Å². The summed E-state index contributed by atoms with van der Waals surface area (Å²) in [7, 11) is 1.63. The fourth-order valence-electron chi connectivity index (χ4n) is 2.93. The second kappa shape index (κ2) is 8.46. The highest BCUT2D eigenvalue weighted by atomic mass is 16.6. The molecule has 2 aromatic carbocycles. The van der Waals surface area contributed by atoms with Crippen molar-refractivity contribution < 1.29 is 14.4 Å². The number of imidazole rings is 1. The highest BCUT2D eigenvalue weighted by Gasteiger charge is 2.19. The molecule has 0 amide bonds. The van der Waals surface area contributed by atoms with Gasteiger partial charge in [0.15, 0.2) is 5.82 Å². The summed E-state index contributed by atoms with van der Waals surface area (Å²) < 4.78 is 12.9.